The first kappa shape index (κ1) is 42.3. The average Bonchev–Trinajstić information content (AvgIpc) is 3.85. The molecule has 3 aromatic heterocycles. The van der Waals surface area contributed by atoms with Gasteiger partial charge in [0, 0.05) is 74.7 Å². The van der Waals surface area contributed by atoms with Gasteiger partial charge in [-0.25, -0.2) is 14.6 Å². The lowest BCUT2D eigenvalue weighted by Gasteiger charge is -2.46. The minimum atomic E-state index is -0.222. The van der Waals surface area contributed by atoms with Gasteiger partial charge >= 0.3 is 0 Å². The summed E-state index contributed by atoms with van der Waals surface area (Å²) in [4.78, 5) is 40.8. The molecule has 2 amide bonds. The van der Waals surface area contributed by atoms with E-state index in [1.54, 1.807) is 7.11 Å². The molecular weight excluding hydrogens is 777 g/mol. The monoisotopic (exact) mass is 843 g/mol. The van der Waals surface area contributed by atoms with E-state index in [2.05, 4.69) is 43.9 Å². The maximum Gasteiger partial charge on any atom is 0.272 e. The second-order valence-corrected chi connectivity index (χ2v) is 19.5. The number of amides is 2. The molecule has 4 heterocycles. The summed E-state index contributed by atoms with van der Waals surface area (Å²) in [5.41, 5.74) is 11.3. The number of nitrogens with one attached hydrogen (secondary N) is 2. The molecular formula is C49H66N10O3. The van der Waals surface area contributed by atoms with Crippen molar-refractivity contribution < 1.29 is 14.3 Å². The molecule has 3 unspecified atom stereocenters. The molecule has 1 aliphatic heterocycles. The molecule has 5 aromatic rings. The smallest absolute Gasteiger partial charge is 0.272 e. The SMILES string of the molecule is COc1cc(-c2nn(C3CCC(N4CCN(CCNC(=O)C(C)CCC5(C)CC6CCCC(C6)C5)CC4)CC3)c3ncnc(N)c23)ccc1NC(=O)c1cc2ccccc2n1C. The maximum atomic E-state index is 13.5. The highest BCUT2D eigenvalue weighted by Gasteiger charge is 2.39. The average molecular weight is 843 g/mol. The molecule has 4 N–H and O–H groups in total. The Morgan fingerprint density at radius 3 is 2.44 bits per heavy atom. The molecule has 2 bridgehead atoms. The van der Waals surface area contributed by atoms with Gasteiger partial charge in [-0.05, 0) is 99.3 Å². The van der Waals surface area contributed by atoms with Crippen molar-refractivity contribution in [3.05, 3.63) is 60.6 Å². The fourth-order valence-corrected chi connectivity index (χ4v) is 11.8. The Morgan fingerprint density at radius 1 is 0.952 bits per heavy atom. The van der Waals surface area contributed by atoms with Crippen LogP contribution in [0.2, 0.25) is 0 Å². The van der Waals surface area contributed by atoms with Gasteiger partial charge in [0.05, 0.1) is 24.2 Å². The van der Waals surface area contributed by atoms with Crippen LogP contribution in [-0.2, 0) is 11.8 Å². The summed E-state index contributed by atoms with van der Waals surface area (Å²) in [5.74, 6) is 2.83. The maximum absolute atomic E-state index is 13.5. The molecule has 62 heavy (non-hydrogen) atoms. The number of hydrogen-bond acceptors (Lipinski definition) is 9. The van der Waals surface area contributed by atoms with E-state index in [9.17, 15) is 9.59 Å². The summed E-state index contributed by atoms with van der Waals surface area (Å²) in [6.45, 7) is 10.4. The third-order valence-corrected chi connectivity index (χ3v) is 15.2. The van der Waals surface area contributed by atoms with E-state index in [4.69, 9.17) is 20.6 Å². The summed E-state index contributed by atoms with van der Waals surface area (Å²) in [6.07, 6.45) is 16.3. The van der Waals surface area contributed by atoms with Crippen LogP contribution in [0.15, 0.2) is 54.9 Å². The molecule has 3 atom stereocenters. The van der Waals surface area contributed by atoms with Crippen molar-refractivity contribution in [1.82, 2.24) is 39.4 Å². The molecule has 0 spiro atoms. The van der Waals surface area contributed by atoms with Crippen molar-refractivity contribution in [1.29, 1.82) is 0 Å². The zero-order valence-electron chi connectivity index (χ0n) is 37.2. The van der Waals surface area contributed by atoms with Gasteiger partial charge in [0.2, 0.25) is 5.91 Å². The van der Waals surface area contributed by atoms with Crippen molar-refractivity contribution >= 4 is 45.3 Å². The van der Waals surface area contributed by atoms with Crippen molar-refractivity contribution in [3.8, 4) is 17.0 Å². The van der Waals surface area contributed by atoms with Crippen molar-refractivity contribution in [2.45, 2.75) is 103 Å². The number of carbonyl (C=O) groups excluding carboxylic acids is 2. The molecule has 3 saturated carbocycles. The molecule has 9 rings (SSSR count). The van der Waals surface area contributed by atoms with E-state index in [1.807, 2.05) is 60.1 Å². The second-order valence-electron chi connectivity index (χ2n) is 19.5. The number of nitrogen functional groups attached to an aromatic ring is 1. The van der Waals surface area contributed by atoms with Crippen LogP contribution < -0.4 is 21.1 Å². The van der Waals surface area contributed by atoms with Crippen LogP contribution >= 0.6 is 0 Å². The van der Waals surface area contributed by atoms with Crippen molar-refractivity contribution in [3.63, 3.8) is 0 Å². The largest absolute Gasteiger partial charge is 0.495 e. The van der Waals surface area contributed by atoms with E-state index >= 15 is 0 Å². The van der Waals surface area contributed by atoms with Gasteiger partial charge in [-0.2, -0.15) is 5.10 Å². The van der Waals surface area contributed by atoms with Gasteiger partial charge in [-0.1, -0.05) is 57.4 Å². The minimum absolute atomic E-state index is 0.0784. The van der Waals surface area contributed by atoms with Gasteiger partial charge in [0.25, 0.3) is 5.91 Å². The van der Waals surface area contributed by atoms with E-state index < -0.39 is 0 Å². The standard InChI is InChI=1S/C49H66N10O3/c1-32(18-19-49(2)29-33-8-7-9-34(26-33)30-49)47(60)51-20-21-57-22-24-58(25-23-57)37-13-15-38(16-14-37)59-46-43(45(50)52-31-53-46)44(55-59)36-12-17-39(42(28-36)62-4)54-48(61)41-27-35-10-5-6-11-40(35)56(41)3/h5-6,10-12,17,27-28,31-34,37-38H,7-9,13-16,18-26,29-30H2,1-4H3,(H,51,60)(H,54,61)(H2,50,52,53). The first-order valence-electron chi connectivity index (χ1n) is 23.3. The predicted molar refractivity (Wildman–Crippen MR) is 246 cm³/mol. The van der Waals surface area contributed by atoms with Crippen LogP contribution in [0.4, 0.5) is 11.5 Å². The molecule has 3 aliphatic carbocycles. The molecule has 4 aliphatic rings. The summed E-state index contributed by atoms with van der Waals surface area (Å²) in [6, 6.07) is 16.2. The number of rotatable bonds is 13. The Morgan fingerprint density at radius 2 is 1.69 bits per heavy atom. The number of para-hydroxylation sites is 1. The highest BCUT2D eigenvalue weighted by Crippen LogP contribution is 2.51. The summed E-state index contributed by atoms with van der Waals surface area (Å²) in [7, 11) is 3.49. The number of hydrogen-bond donors (Lipinski definition) is 3. The van der Waals surface area contributed by atoms with E-state index in [0.29, 0.717) is 40.1 Å². The Balaban J connectivity index is 0.767. The molecule has 0 radical (unpaired) electrons. The van der Waals surface area contributed by atoms with Crippen LogP contribution in [-0.4, -0.2) is 98.3 Å². The number of methoxy groups -OCH3 is 1. The lowest BCUT2D eigenvalue weighted by molar-refractivity contribution is -0.125. The normalized spacial score (nSPS) is 25.2. The number of nitrogens with two attached hydrogens (primary N) is 1. The van der Waals surface area contributed by atoms with Gasteiger partial charge in [-0.15, -0.1) is 0 Å². The Labute approximate surface area is 366 Å². The molecule has 13 nitrogen and oxygen atoms in total. The van der Waals surface area contributed by atoms with Crippen LogP contribution in [0, 0.1) is 23.2 Å². The second kappa shape index (κ2) is 18.0. The lowest BCUT2D eigenvalue weighted by atomic mass is 9.60. The Hall–Kier alpha value is -5.01. The number of piperazine rings is 1. The van der Waals surface area contributed by atoms with E-state index in [1.165, 1.54) is 51.3 Å². The summed E-state index contributed by atoms with van der Waals surface area (Å²) < 4.78 is 9.77. The Bertz CT molecular complexity index is 2380. The van der Waals surface area contributed by atoms with Gasteiger partial charge in [-0.3, -0.25) is 19.4 Å². The zero-order valence-corrected chi connectivity index (χ0v) is 37.2. The molecule has 2 aromatic carbocycles. The fourth-order valence-electron chi connectivity index (χ4n) is 11.8. The first-order chi connectivity index (χ1) is 30.1. The molecule has 1 saturated heterocycles. The van der Waals surface area contributed by atoms with Crippen LogP contribution in [0.5, 0.6) is 5.75 Å². The summed E-state index contributed by atoms with van der Waals surface area (Å²) >= 11 is 0. The van der Waals surface area contributed by atoms with Crippen molar-refractivity contribution in [2.75, 3.05) is 57.4 Å². The van der Waals surface area contributed by atoms with Crippen LogP contribution in [0.3, 0.4) is 0 Å². The number of nitrogens with zero attached hydrogens (tertiary/aromatic N) is 7. The molecule has 13 heteroatoms. The van der Waals surface area contributed by atoms with Crippen molar-refractivity contribution in [2.24, 2.45) is 30.2 Å². The number of anilines is 2. The highest BCUT2D eigenvalue weighted by atomic mass is 16.5. The van der Waals surface area contributed by atoms with Gasteiger partial charge in [0.15, 0.2) is 5.65 Å². The number of ether oxygens (including phenoxy) is 1. The lowest BCUT2D eigenvalue weighted by Crippen LogP contribution is -2.52. The van der Waals surface area contributed by atoms with E-state index in [0.717, 1.165) is 111 Å². The van der Waals surface area contributed by atoms with E-state index in [-0.39, 0.29) is 23.8 Å². The van der Waals surface area contributed by atoms with Crippen LogP contribution in [0.1, 0.15) is 107 Å². The van der Waals surface area contributed by atoms with Gasteiger partial charge < -0.3 is 25.7 Å². The topological polar surface area (TPSA) is 148 Å². The third kappa shape index (κ3) is 8.80. The highest BCUT2D eigenvalue weighted by molar-refractivity contribution is 6.07. The number of carbonyl (C=O) groups is 2. The fraction of sp³-hybridized carbons (Fsp3) is 0.571. The summed E-state index contributed by atoms with van der Waals surface area (Å²) in [5, 5.41) is 13.2. The number of benzene rings is 2. The number of aryl methyl sites for hydroxylation is 1. The first-order valence-corrected chi connectivity index (χ1v) is 23.3. The quantitative estimate of drug-likeness (QED) is 0.107. The number of aromatic nitrogens is 5. The zero-order chi connectivity index (χ0) is 43.0. The van der Waals surface area contributed by atoms with Crippen LogP contribution in [0.25, 0.3) is 33.2 Å². The molecule has 4 fully saturated rings. The predicted octanol–water partition coefficient (Wildman–Crippen LogP) is 8.07. The number of fused-ring (bicyclic) bond motifs is 4. The minimum Gasteiger partial charge on any atom is -0.495 e. The molecule has 330 valence electrons. The van der Waals surface area contributed by atoms with Gasteiger partial charge in [0.1, 0.15) is 29.3 Å². The Kier molecular flexibility index (Phi) is 12.3. The third-order valence-electron chi connectivity index (χ3n) is 15.2.